The fourth-order valence-corrected chi connectivity index (χ4v) is 1.86. The number of hydrogen-bond donors (Lipinski definition) is 3. The van der Waals surface area contributed by atoms with Gasteiger partial charge in [0.05, 0.1) is 0 Å². The van der Waals surface area contributed by atoms with Gasteiger partial charge in [-0.3, -0.25) is 9.78 Å². The Bertz CT molecular complexity index is 680. The number of aromatic amines is 1. The molecule has 1 aromatic carbocycles. The molecular weight excluding hydrogens is 249 g/mol. The van der Waals surface area contributed by atoms with Crippen LogP contribution in [0.4, 0.5) is 10.3 Å². The van der Waals surface area contributed by atoms with Crippen molar-refractivity contribution in [3.05, 3.63) is 40.4 Å². The number of halogens is 1. The monoisotopic (exact) mass is 261 g/mol. The molecule has 1 fully saturated rings. The summed E-state index contributed by atoms with van der Waals surface area (Å²) in [5.41, 5.74) is -0.688. The van der Waals surface area contributed by atoms with Gasteiger partial charge in [0.1, 0.15) is 11.4 Å². The van der Waals surface area contributed by atoms with Crippen LogP contribution >= 0.6 is 0 Å². The van der Waals surface area contributed by atoms with Crippen molar-refractivity contribution in [2.45, 2.75) is 18.9 Å². The summed E-state index contributed by atoms with van der Waals surface area (Å²) in [6.45, 7) is 0. The quantitative estimate of drug-likeness (QED) is 0.788. The molecule has 5 nitrogen and oxygen atoms in total. The van der Waals surface area contributed by atoms with E-state index in [1.165, 1.54) is 18.2 Å². The van der Waals surface area contributed by atoms with Crippen molar-refractivity contribution >= 4 is 5.95 Å². The molecule has 1 aliphatic rings. The predicted octanol–water partition coefficient (Wildman–Crippen LogP) is 1.86. The Morgan fingerprint density at radius 3 is 2.74 bits per heavy atom. The molecule has 0 atom stereocenters. The fourth-order valence-electron chi connectivity index (χ4n) is 1.86. The van der Waals surface area contributed by atoms with Crippen LogP contribution in [0.1, 0.15) is 12.8 Å². The van der Waals surface area contributed by atoms with Gasteiger partial charge < -0.3 is 10.4 Å². The standard InChI is InChI=1S/C13H12FN3O2/c14-9-4-2-1-3-8(9)10-11(18)16-13(17-12(10)19)15-7-5-6-7/h1-4,7H,5-6H2,(H3,15,16,17,18,19). The van der Waals surface area contributed by atoms with Crippen LogP contribution in [0.3, 0.4) is 0 Å². The normalized spacial score (nSPS) is 14.4. The number of H-pyrrole nitrogens is 1. The molecule has 0 saturated heterocycles. The Kier molecular flexibility index (Phi) is 2.70. The number of benzene rings is 1. The van der Waals surface area contributed by atoms with Crippen molar-refractivity contribution in [2.75, 3.05) is 5.32 Å². The average Bonchev–Trinajstić information content (AvgIpc) is 3.14. The molecule has 0 aliphatic heterocycles. The zero-order chi connectivity index (χ0) is 13.4. The predicted molar refractivity (Wildman–Crippen MR) is 68.6 cm³/mol. The molecule has 98 valence electrons. The van der Waals surface area contributed by atoms with Gasteiger partial charge in [0.2, 0.25) is 11.8 Å². The lowest BCUT2D eigenvalue weighted by molar-refractivity contribution is 0.453. The highest BCUT2D eigenvalue weighted by Gasteiger charge is 2.23. The smallest absolute Gasteiger partial charge is 0.264 e. The average molecular weight is 261 g/mol. The van der Waals surface area contributed by atoms with Crippen LogP contribution < -0.4 is 10.9 Å². The van der Waals surface area contributed by atoms with E-state index in [-0.39, 0.29) is 17.1 Å². The third-order valence-electron chi connectivity index (χ3n) is 2.96. The Labute approximate surface area is 108 Å². The van der Waals surface area contributed by atoms with E-state index in [4.69, 9.17) is 0 Å². The van der Waals surface area contributed by atoms with E-state index in [9.17, 15) is 14.3 Å². The second-order valence-corrected chi connectivity index (χ2v) is 4.51. The molecule has 19 heavy (non-hydrogen) atoms. The van der Waals surface area contributed by atoms with Crippen molar-refractivity contribution < 1.29 is 9.50 Å². The number of nitrogens with one attached hydrogen (secondary N) is 2. The van der Waals surface area contributed by atoms with Gasteiger partial charge in [-0.05, 0) is 18.9 Å². The SMILES string of the molecule is O=c1[nH]c(NC2CC2)nc(O)c1-c1ccccc1F. The maximum atomic E-state index is 13.6. The van der Waals surface area contributed by atoms with Crippen molar-refractivity contribution in [1.29, 1.82) is 0 Å². The first-order valence-electron chi connectivity index (χ1n) is 6.00. The largest absolute Gasteiger partial charge is 0.493 e. The number of nitrogens with zero attached hydrogens (tertiary/aromatic N) is 1. The van der Waals surface area contributed by atoms with E-state index in [0.29, 0.717) is 6.04 Å². The van der Waals surface area contributed by atoms with E-state index < -0.39 is 17.3 Å². The molecule has 6 heteroatoms. The number of aromatic nitrogens is 2. The minimum absolute atomic E-state index is 0.0340. The first-order valence-corrected chi connectivity index (χ1v) is 6.00. The third kappa shape index (κ3) is 2.29. The van der Waals surface area contributed by atoms with Crippen molar-refractivity contribution in [1.82, 2.24) is 9.97 Å². The van der Waals surface area contributed by atoms with E-state index >= 15 is 0 Å². The van der Waals surface area contributed by atoms with Crippen LogP contribution in [0.2, 0.25) is 0 Å². The summed E-state index contributed by atoms with van der Waals surface area (Å²) < 4.78 is 13.6. The molecule has 1 saturated carbocycles. The van der Waals surface area contributed by atoms with Gasteiger partial charge >= 0.3 is 0 Å². The highest BCUT2D eigenvalue weighted by Crippen LogP contribution is 2.28. The third-order valence-corrected chi connectivity index (χ3v) is 2.96. The second-order valence-electron chi connectivity index (χ2n) is 4.51. The highest BCUT2D eigenvalue weighted by atomic mass is 19.1. The number of aromatic hydroxyl groups is 1. The molecule has 3 N–H and O–H groups in total. The molecule has 3 rings (SSSR count). The highest BCUT2D eigenvalue weighted by molar-refractivity contribution is 5.68. The Hall–Kier alpha value is -2.37. The lowest BCUT2D eigenvalue weighted by Crippen LogP contribution is -2.16. The van der Waals surface area contributed by atoms with Crippen LogP contribution in [0.5, 0.6) is 5.88 Å². The molecule has 0 radical (unpaired) electrons. The van der Waals surface area contributed by atoms with Gasteiger partial charge in [0.15, 0.2) is 0 Å². The van der Waals surface area contributed by atoms with Crippen LogP contribution in [0.25, 0.3) is 11.1 Å². The number of rotatable bonds is 3. The van der Waals surface area contributed by atoms with Crippen molar-refractivity contribution in [2.24, 2.45) is 0 Å². The summed E-state index contributed by atoms with van der Waals surface area (Å²) in [6, 6.07) is 6.05. The topological polar surface area (TPSA) is 78.0 Å². The first kappa shape index (κ1) is 11.7. The second kappa shape index (κ2) is 4.38. The Morgan fingerprint density at radius 2 is 2.11 bits per heavy atom. The molecule has 0 unspecified atom stereocenters. The minimum atomic E-state index is -0.576. The van der Waals surface area contributed by atoms with Crippen LogP contribution in [0, 0.1) is 5.82 Å². The lowest BCUT2D eigenvalue weighted by Gasteiger charge is -2.07. The van der Waals surface area contributed by atoms with Crippen LogP contribution in [-0.2, 0) is 0 Å². The summed E-state index contributed by atoms with van der Waals surface area (Å²) in [7, 11) is 0. The lowest BCUT2D eigenvalue weighted by atomic mass is 10.1. The molecule has 1 aliphatic carbocycles. The number of anilines is 1. The summed E-state index contributed by atoms with van der Waals surface area (Å²) in [5, 5.41) is 12.8. The fraction of sp³-hybridized carbons (Fsp3) is 0.231. The van der Waals surface area contributed by atoms with E-state index in [0.717, 1.165) is 12.8 Å². The summed E-state index contributed by atoms with van der Waals surface area (Å²) in [6.07, 6.45) is 2.03. The maximum Gasteiger partial charge on any atom is 0.264 e. The van der Waals surface area contributed by atoms with Crippen molar-refractivity contribution in [3.8, 4) is 17.0 Å². The van der Waals surface area contributed by atoms with Gasteiger partial charge in [-0.1, -0.05) is 18.2 Å². The summed E-state index contributed by atoms with van der Waals surface area (Å²) in [4.78, 5) is 18.3. The van der Waals surface area contributed by atoms with Gasteiger partial charge in [-0.25, -0.2) is 4.39 Å². The first-order chi connectivity index (χ1) is 9.15. The van der Waals surface area contributed by atoms with E-state index in [2.05, 4.69) is 15.3 Å². The van der Waals surface area contributed by atoms with E-state index in [1.807, 2.05) is 0 Å². The number of hydrogen-bond acceptors (Lipinski definition) is 4. The molecule has 1 aromatic heterocycles. The molecule has 0 amide bonds. The van der Waals surface area contributed by atoms with Gasteiger partial charge in [-0.15, -0.1) is 0 Å². The van der Waals surface area contributed by atoms with E-state index in [1.54, 1.807) is 6.07 Å². The zero-order valence-electron chi connectivity index (χ0n) is 9.98. The van der Waals surface area contributed by atoms with Crippen LogP contribution in [0.15, 0.2) is 29.1 Å². The molecular formula is C13H12FN3O2. The Morgan fingerprint density at radius 1 is 1.37 bits per heavy atom. The molecule has 0 bridgehead atoms. The van der Waals surface area contributed by atoms with Crippen molar-refractivity contribution in [3.63, 3.8) is 0 Å². The zero-order valence-corrected chi connectivity index (χ0v) is 9.98. The summed E-state index contributed by atoms with van der Waals surface area (Å²) >= 11 is 0. The maximum absolute atomic E-state index is 13.6. The van der Waals surface area contributed by atoms with Gasteiger partial charge in [0.25, 0.3) is 5.56 Å². The molecule has 0 spiro atoms. The van der Waals surface area contributed by atoms with Gasteiger partial charge in [0, 0.05) is 11.6 Å². The molecule has 1 heterocycles. The summed E-state index contributed by atoms with van der Waals surface area (Å²) in [5.74, 6) is -0.838. The Balaban J connectivity index is 2.07. The minimum Gasteiger partial charge on any atom is -0.493 e. The molecule has 2 aromatic rings. The van der Waals surface area contributed by atoms with Gasteiger partial charge in [-0.2, -0.15) is 4.98 Å². The van der Waals surface area contributed by atoms with Crippen LogP contribution in [-0.4, -0.2) is 21.1 Å².